The van der Waals surface area contributed by atoms with Crippen LogP contribution in [-0.2, 0) is 14.3 Å². The third-order valence-corrected chi connectivity index (χ3v) is 2.26. The molecule has 0 radical (unpaired) electrons. The fourth-order valence-electron chi connectivity index (χ4n) is 1.50. The molecule has 0 unspecified atom stereocenters. The summed E-state index contributed by atoms with van der Waals surface area (Å²) in [6.45, 7) is 1.26. The first-order chi connectivity index (χ1) is 5.33. The second kappa shape index (κ2) is 2.34. The molecule has 0 aromatic carbocycles. The molecule has 2 aliphatic heterocycles. The van der Waals surface area contributed by atoms with Crippen molar-refractivity contribution in [2.45, 2.75) is 18.4 Å². The van der Waals surface area contributed by atoms with Crippen molar-refractivity contribution in [3.05, 3.63) is 12.3 Å². The fraction of sp³-hybridized carbons (Fsp3) is 0.625. The first-order valence-corrected chi connectivity index (χ1v) is 3.80. The zero-order valence-corrected chi connectivity index (χ0v) is 6.21. The van der Waals surface area contributed by atoms with Crippen molar-refractivity contribution in [3.63, 3.8) is 0 Å². The predicted octanol–water partition coefficient (Wildman–Crippen LogP) is 0.649. The maximum absolute atomic E-state index is 11.3. The lowest BCUT2D eigenvalue weighted by Gasteiger charge is -2.30. The molecule has 2 aliphatic rings. The van der Waals surface area contributed by atoms with Gasteiger partial charge >= 0.3 is 0 Å². The molecule has 3 nitrogen and oxygen atoms in total. The van der Waals surface area contributed by atoms with Gasteiger partial charge in [-0.2, -0.15) is 0 Å². The van der Waals surface area contributed by atoms with Crippen LogP contribution in [-0.4, -0.2) is 24.6 Å². The molecule has 0 aromatic rings. The Morgan fingerprint density at radius 1 is 1.36 bits per heavy atom. The lowest BCUT2D eigenvalue weighted by molar-refractivity contribution is -0.138. The predicted molar refractivity (Wildman–Crippen MR) is 38.0 cm³/mol. The lowest BCUT2D eigenvalue weighted by Crippen LogP contribution is -2.41. The monoisotopic (exact) mass is 154 g/mol. The first-order valence-electron chi connectivity index (χ1n) is 3.80. The number of carbonyl (C=O) groups excluding carboxylic acids is 1. The Bertz CT molecular complexity index is 201. The van der Waals surface area contributed by atoms with Gasteiger partial charge < -0.3 is 9.47 Å². The van der Waals surface area contributed by atoms with Crippen LogP contribution in [0.2, 0.25) is 0 Å². The van der Waals surface area contributed by atoms with E-state index in [1.165, 1.54) is 12.3 Å². The van der Waals surface area contributed by atoms with Crippen molar-refractivity contribution in [3.8, 4) is 0 Å². The highest BCUT2D eigenvalue weighted by atomic mass is 16.5. The summed E-state index contributed by atoms with van der Waals surface area (Å²) in [5.74, 6) is 0.0980. The van der Waals surface area contributed by atoms with Gasteiger partial charge in [-0.05, 0) is 0 Å². The van der Waals surface area contributed by atoms with E-state index in [4.69, 9.17) is 9.47 Å². The minimum absolute atomic E-state index is 0.0980. The minimum Gasteiger partial charge on any atom is -0.486 e. The van der Waals surface area contributed by atoms with E-state index >= 15 is 0 Å². The third kappa shape index (κ3) is 0.959. The quantitative estimate of drug-likeness (QED) is 0.514. The van der Waals surface area contributed by atoms with Crippen molar-refractivity contribution in [1.82, 2.24) is 0 Å². The summed E-state index contributed by atoms with van der Waals surface area (Å²) in [5.41, 5.74) is -0.543. The number of rotatable bonds is 0. The molecule has 2 rings (SSSR count). The Hall–Kier alpha value is -0.830. The van der Waals surface area contributed by atoms with Crippen LogP contribution >= 0.6 is 0 Å². The smallest absolute Gasteiger partial charge is 0.202 e. The molecular weight excluding hydrogens is 144 g/mol. The Labute approximate surface area is 65.0 Å². The van der Waals surface area contributed by atoms with E-state index in [1.807, 2.05) is 0 Å². The second-order valence-electron chi connectivity index (χ2n) is 2.89. The van der Waals surface area contributed by atoms with E-state index in [1.54, 1.807) is 0 Å². The average molecular weight is 154 g/mol. The molecule has 0 N–H and O–H groups in total. The van der Waals surface area contributed by atoms with Crippen molar-refractivity contribution >= 4 is 5.78 Å². The van der Waals surface area contributed by atoms with Crippen LogP contribution < -0.4 is 0 Å². The molecule has 3 heteroatoms. The van der Waals surface area contributed by atoms with Crippen molar-refractivity contribution in [1.29, 1.82) is 0 Å². The second-order valence-corrected chi connectivity index (χ2v) is 2.89. The number of hydrogen-bond donors (Lipinski definition) is 0. The summed E-state index contributed by atoms with van der Waals surface area (Å²) in [4.78, 5) is 11.3. The Morgan fingerprint density at radius 3 is 2.64 bits per heavy atom. The maximum atomic E-state index is 11.3. The van der Waals surface area contributed by atoms with Crippen LogP contribution in [0.3, 0.4) is 0 Å². The number of carbonyl (C=O) groups is 1. The molecule has 1 fully saturated rings. The lowest BCUT2D eigenvalue weighted by atomic mass is 9.91. The van der Waals surface area contributed by atoms with E-state index in [2.05, 4.69) is 0 Å². The summed E-state index contributed by atoms with van der Waals surface area (Å²) < 4.78 is 10.4. The molecule has 0 saturated carbocycles. The van der Waals surface area contributed by atoms with Gasteiger partial charge in [0.2, 0.25) is 5.78 Å². The highest BCUT2D eigenvalue weighted by molar-refractivity contribution is 5.98. The molecule has 0 amide bonds. The average Bonchev–Trinajstić information content (AvgIpc) is 2.36. The Morgan fingerprint density at radius 2 is 2.09 bits per heavy atom. The summed E-state index contributed by atoms with van der Waals surface area (Å²) in [6.07, 6.45) is 4.39. The van der Waals surface area contributed by atoms with E-state index in [-0.39, 0.29) is 5.78 Å². The molecule has 1 saturated heterocycles. The molecule has 0 bridgehead atoms. The van der Waals surface area contributed by atoms with E-state index in [9.17, 15) is 4.79 Å². The topological polar surface area (TPSA) is 35.5 Å². The zero-order valence-electron chi connectivity index (χ0n) is 6.21. The van der Waals surface area contributed by atoms with Crippen LogP contribution in [0, 0.1) is 0 Å². The van der Waals surface area contributed by atoms with Crippen LogP contribution in [0.25, 0.3) is 0 Å². The third-order valence-electron chi connectivity index (χ3n) is 2.26. The molecule has 2 heterocycles. The van der Waals surface area contributed by atoms with E-state index < -0.39 is 5.60 Å². The van der Waals surface area contributed by atoms with Crippen LogP contribution in [0.5, 0.6) is 0 Å². The van der Waals surface area contributed by atoms with Gasteiger partial charge in [-0.1, -0.05) is 0 Å². The van der Waals surface area contributed by atoms with E-state index in [0.29, 0.717) is 26.1 Å². The van der Waals surface area contributed by atoms with Crippen molar-refractivity contribution in [2.75, 3.05) is 13.2 Å². The molecule has 0 aliphatic carbocycles. The summed E-state index contributed by atoms with van der Waals surface area (Å²) >= 11 is 0. The van der Waals surface area contributed by atoms with Gasteiger partial charge in [0.25, 0.3) is 0 Å². The van der Waals surface area contributed by atoms with Crippen molar-refractivity contribution < 1.29 is 14.3 Å². The minimum atomic E-state index is -0.543. The van der Waals surface area contributed by atoms with Crippen LogP contribution in [0.15, 0.2) is 12.3 Å². The first kappa shape index (κ1) is 6.85. The molecule has 1 spiro atoms. The standard InChI is InChI=1S/C8H10O3/c9-7-1-4-11-8(7)2-5-10-6-3-8/h1,4H,2-3,5-6H2. The largest absolute Gasteiger partial charge is 0.486 e. The molecular formula is C8H10O3. The maximum Gasteiger partial charge on any atom is 0.202 e. The summed E-state index contributed by atoms with van der Waals surface area (Å²) in [5, 5.41) is 0. The van der Waals surface area contributed by atoms with E-state index in [0.717, 1.165) is 0 Å². The van der Waals surface area contributed by atoms with Gasteiger partial charge in [0.15, 0.2) is 5.60 Å². The Kier molecular flexibility index (Phi) is 1.46. The molecule has 60 valence electrons. The van der Waals surface area contributed by atoms with Gasteiger partial charge in [0.1, 0.15) is 0 Å². The summed E-state index contributed by atoms with van der Waals surface area (Å²) in [6, 6.07) is 0. The SMILES string of the molecule is O=C1C=COC12CCOCC2. The number of ketones is 1. The van der Waals surface area contributed by atoms with Gasteiger partial charge in [0.05, 0.1) is 19.5 Å². The van der Waals surface area contributed by atoms with Gasteiger partial charge in [-0.25, -0.2) is 0 Å². The Balaban J connectivity index is 2.15. The molecule has 0 aromatic heterocycles. The van der Waals surface area contributed by atoms with Gasteiger partial charge in [-0.3, -0.25) is 4.79 Å². The van der Waals surface area contributed by atoms with Gasteiger partial charge in [0, 0.05) is 18.9 Å². The fourth-order valence-corrected chi connectivity index (χ4v) is 1.50. The van der Waals surface area contributed by atoms with Crippen molar-refractivity contribution in [2.24, 2.45) is 0 Å². The number of ether oxygens (including phenoxy) is 2. The molecule has 11 heavy (non-hydrogen) atoms. The van der Waals surface area contributed by atoms with Crippen LogP contribution in [0.4, 0.5) is 0 Å². The van der Waals surface area contributed by atoms with Gasteiger partial charge in [-0.15, -0.1) is 0 Å². The number of hydrogen-bond acceptors (Lipinski definition) is 3. The highest BCUT2D eigenvalue weighted by Crippen LogP contribution is 2.30. The van der Waals surface area contributed by atoms with Crippen LogP contribution in [0.1, 0.15) is 12.8 Å². The zero-order chi connectivity index (χ0) is 7.73. The highest BCUT2D eigenvalue weighted by Gasteiger charge is 2.42. The normalized spacial score (nSPS) is 27.5. The molecule has 0 atom stereocenters. The summed E-state index contributed by atoms with van der Waals surface area (Å²) in [7, 11) is 0.